The summed E-state index contributed by atoms with van der Waals surface area (Å²) in [4.78, 5) is 11.7. The Bertz CT molecular complexity index is 579. The molecule has 104 valence electrons. The zero-order chi connectivity index (χ0) is 14.4. The van der Waals surface area contributed by atoms with Crippen molar-refractivity contribution in [1.29, 1.82) is 0 Å². The first kappa shape index (κ1) is 14.1. The number of aromatic hydroxyl groups is 1. The highest BCUT2D eigenvalue weighted by molar-refractivity contribution is 5.93. The van der Waals surface area contributed by atoms with Gasteiger partial charge in [0.1, 0.15) is 5.75 Å². The number of hydrogen-bond acceptors (Lipinski definition) is 3. The summed E-state index contributed by atoms with van der Waals surface area (Å²) in [6, 6.07) is 14.8. The van der Waals surface area contributed by atoms with Gasteiger partial charge in [-0.1, -0.05) is 42.0 Å². The fraction of sp³-hybridized carbons (Fsp3) is 0.188. The molecular formula is C16H18N2O2. The van der Waals surface area contributed by atoms with E-state index in [1.54, 1.807) is 18.2 Å². The molecule has 0 bridgehead atoms. The molecule has 0 saturated carbocycles. The van der Waals surface area contributed by atoms with Crippen LogP contribution in [0.25, 0.3) is 0 Å². The van der Waals surface area contributed by atoms with Crippen molar-refractivity contribution in [3.63, 3.8) is 0 Å². The van der Waals surface area contributed by atoms with Crippen LogP contribution in [0.1, 0.15) is 11.1 Å². The number of anilines is 1. The highest BCUT2D eigenvalue weighted by Gasteiger charge is 2.05. The Kier molecular flexibility index (Phi) is 4.74. The van der Waals surface area contributed by atoms with E-state index in [1.807, 2.05) is 31.2 Å². The molecule has 0 aromatic heterocycles. The molecule has 4 nitrogen and oxygen atoms in total. The number of carbonyl (C=O) groups excluding carboxylic acids is 1. The van der Waals surface area contributed by atoms with Crippen molar-refractivity contribution in [2.75, 3.05) is 11.9 Å². The van der Waals surface area contributed by atoms with E-state index in [4.69, 9.17) is 0 Å². The molecule has 0 heterocycles. The van der Waals surface area contributed by atoms with Gasteiger partial charge in [0.05, 0.1) is 12.2 Å². The van der Waals surface area contributed by atoms with E-state index in [-0.39, 0.29) is 18.2 Å². The molecule has 2 rings (SSSR count). The van der Waals surface area contributed by atoms with Crippen LogP contribution >= 0.6 is 0 Å². The van der Waals surface area contributed by atoms with Gasteiger partial charge in [-0.05, 0) is 24.6 Å². The lowest BCUT2D eigenvalue weighted by Crippen LogP contribution is -2.27. The molecule has 0 radical (unpaired) electrons. The molecular weight excluding hydrogens is 252 g/mol. The zero-order valence-electron chi connectivity index (χ0n) is 11.4. The minimum Gasteiger partial charge on any atom is -0.506 e. The van der Waals surface area contributed by atoms with Gasteiger partial charge in [-0.2, -0.15) is 0 Å². The highest BCUT2D eigenvalue weighted by Crippen LogP contribution is 2.20. The van der Waals surface area contributed by atoms with Gasteiger partial charge in [-0.3, -0.25) is 4.79 Å². The highest BCUT2D eigenvalue weighted by atomic mass is 16.3. The fourth-order valence-electron chi connectivity index (χ4n) is 1.80. The van der Waals surface area contributed by atoms with Crippen LogP contribution in [-0.4, -0.2) is 17.6 Å². The van der Waals surface area contributed by atoms with Crippen LogP contribution in [0.3, 0.4) is 0 Å². The zero-order valence-corrected chi connectivity index (χ0v) is 11.4. The van der Waals surface area contributed by atoms with Crippen LogP contribution in [0.2, 0.25) is 0 Å². The van der Waals surface area contributed by atoms with Gasteiger partial charge in [0.25, 0.3) is 0 Å². The molecule has 20 heavy (non-hydrogen) atoms. The first-order valence-corrected chi connectivity index (χ1v) is 6.49. The normalized spacial score (nSPS) is 10.2. The molecule has 0 aliphatic rings. The fourth-order valence-corrected chi connectivity index (χ4v) is 1.80. The molecule has 0 atom stereocenters. The average molecular weight is 270 g/mol. The lowest BCUT2D eigenvalue weighted by atomic mass is 10.1. The van der Waals surface area contributed by atoms with E-state index >= 15 is 0 Å². The Morgan fingerprint density at radius 2 is 1.80 bits per heavy atom. The third kappa shape index (κ3) is 4.10. The summed E-state index contributed by atoms with van der Waals surface area (Å²) < 4.78 is 0. The number of aryl methyl sites for hydroxylation is 1. The predicted octanol–water partition coefficient (Wildman–Crippen LogP) is 2.43. The molecule has 0 unspecified atom stereocenters. The number of amides is 1. The van der Waals surface area contributed by atoms with E-state index < -0.39 is 0 Å². The maximum absolute atomic E-state index is 11.7. The molecule has 0 saturated heterocycles. The summed E-state index contributed by atoms with van der Waals surface area (Å²) in [7, 11) is 0. The van der Waals surface area contributed by atoms with Gasteiger partial charge in [0.15, 0.2) is 0 Å². The summed E-state index contributed by atoms with van der Waals surface area (Å²) in [5.74, 6) is -0.113. The van der Waals surface area contributed by atoms with E-state index in [0.717, 1.165) is 5.56 Å². The monoisotopic (exact) mass is 270 g/mol. The summed E-state index contributed by atoms with van der Waals surface area (Å²) in [5.41, 5.74) is 2.77. The van der Waals surface area contributed by atoms with Crippen molar-refractivity contribution in [2.24, 2.45) is 0 Å². The van der Waals surface area contributed by atoms with Crippen molar-refractivity contribution in [2.45, 2.75) is 13.5 Å². The topological polar surface area (TPSA) is 61.4 Å². The Labute approximate surface area is 118 Å². The molecule has 0 fully saturated rings. The van der Waals surface area contributed by atoms with Crippen molar-refractivity contribution in [3.05, 3.63) is 59.7 Å². The molecule has 3 N–H and O–H groups in total. The number of carbonyl (C=O) groups is 1. The molecule has 0 aliphatic heterocycles. The second-order valence-electron chi connectivity index (χ2n) is 4.65. The standard InChI is InChI=1S/C16H18N2O2/c1-12-6-8-13(9-7-12)10-17-11-16(20)18-14-4-2-3-5-15(14)19/h2-9,17,19H,10-11H2,1H3,(H,18,20). The van der Waals surface area contributed by atoms with Crippen LogP contribution < -0.4 is 10.6 Å². The summed E-state index contributed by atoms with van der Waals surface area (Å²) in [6.07, 6.45) is 0. The van der Waals surface area contributed by atoms with Crippen molar-refractivity contribution >= 4 is 11.6 Å². The van der Waals surface area contributed by atoms with E-state index in [0.29, 0.717) is 12.2 Å². The minimum atomic E-state index is -0.182. The van der Waals surface area contributed by atoms with Crippen LogP contribution in [0, 0.1) is 6.92 Å². The largest absolute Gasteiger partial charge is 0.506 e. The van der Waals surface area contributed by atoms with Crippen LogP contribution in [0.4, 0.5) is 5.69 Å². The number of para-hydroxylation sites is 2. The smallest absolute Gasteiger partial charge is 0.238 e. The van der Waals surface area contributed by atoms with E-state index in [1.165, 1.54) is 11.6 Å². The maximum Gasteiger partial charge on any atom is 0.238 e. The Morgan fingerprint density at radius 1 is 1.10 bits per heavy atom. The Hall–Kier alpha value is -2.33. The number of benzene rings is 2. The van der Waals surface area contributed by atoms with Crippen LogP contribution in [0.15, 0.2) is 48.5 Å². The third-order valence-corrected chi connectivity index (χ3v) is 2.91. The second kappa shape index (κ2) is 6.73. The van der Waals surface area contributed by atoms with Gasteiger partial charge in [0.2, 0.25) is 5.91 Å². The SMILES string of the molecule is Cc1ccc(CNCC(=O)Nc2ccccc2O)cc1. The lowest BCUT2D eigenvalue weighted by molar-refractivity contribution is -0.115. The third-order valence-electron chi connectivity index (χ3n) is 2.91. The molecule has 4 heteroatoms. The molecule has 0 spiro atoms. The summed E-state index contributed by atoms with van der Waals surface area (Å²) in [6.45, 7) is 2.87. The molecule has 2 aromatic rings. The quantitative estimate of drug-likeness (QED) is 0.731. The van der Waals surface area contributed by atoms with E-state index in [9.17, 15) is 9.90 Å². The van der Waals surface area contributed by atoms with E-state index in [2.05, 4.69) is 10.6 Å². The Balaban J connectivity index is 1.78. The summed E-state index contributed by atoms with van der Waals surface area (Å²) in [5, 5.41) is 15.3. The van der Waals surface area contributed by atoms with Gasteiger partial charge in [-0.15, -0.1) is 0 Å². The number of phenolic OH excluding ortho intramolecular Hbond substituents is 1. The number of phenols is 1. The summed E-state index contributed by atoms with van der Waals surface area (Å²) >= 11 is 0. The van der Waals surface area contributed by atoms with Gasteiger partial charge in [0, 0.05) is 6.54 Å². The first-order chi connectivity index (χ1) is 9.65. The first-order valence-electron chi connectivity index (χ1n) is 6.49. The minimum absolute atomic E-state index is 0.0689. The average Bonchev–Trinajstić information content (AvgIpc) is 2.44. The molecule has 0 aliphatic carbocycles. The van der Waals surface area contributed by atoms with Gasteiger partial charge < -0.3 is 15.7 Å². The van der Waals surface area contributed by atoms with Gasteiger partial charge in [-0.25, -0.2) is 0 Å². The van der Waals surface area contributed by atoms with Crippen molar-refractivity contribution < 1.29 is 9.90 Å². The lowest BCUT2D eigenvalue weighted by Gasteiger charge is -2.08. The second-order valence-corrected chi connectivity index (χ2v) is 4.65. The molecule has 1 amide bonds. The van der Waals surface area contributed by atoms with Gasteiger partial charge >= 0.3 is 0 Å². The number of hydrogen-bond donors (Lipinski definition) is 3. The molecule has 2 aromatic carbocycles. The Morgan fingerprint density at radius 3 is 2.50 bits per heavy atom. The predicted molar refractivity (Wildman–Crippen MR) is 79.6 cm³/mol. The number of rotatable bonds is 5. The van der Waals surface area contributed by atoms with Crippen LogP contribution in [-0.2, 0) is 11.3 Å². The number of nitrogens with one attached hydrogen (secondary N) is 2. The maximum atomic E-state index is 11.7. The van der Waals surface area contributed by atoms with Crippen LogP contribution in [0.5, 0.6) is 5.75 Å². The van der Waals surface area contributed by atoms with Crippen molar-refractivity contribution in [3.8, 4) is 5.75 Å². The van der Waals surface area contributed by atoms with Crippen molar-refractivity contribution in [1.82, 2.24) is 5.32 Å².